The summed E-state index contributed by atoms with van der Waals surface area (Å²) < 4.78 is 0. The normalized spacial score (nSPS) is 13.2. The van der Waals surface area contributed by atoms with E-state index in [1.54, 1.807) is 0 Å². The van der Waals surface area contributed by atoms with Crippen LogP contribution in [0, 0.1) is 0 Å². The van der Waals surface area contributed by atoms with Gasteiger partial charge >= 0.3 is 0 Å². The summed E-state index contributed by atoms with van der Waals surface area (Å²) in [6, 6.07) is 67.9. The summed E-state index contributed by atoms with van der Waals surface area (Å²) in [6.07, 6.45) is 0. The first-order chi connectivity index (χ1) is 26.1. The van der Waals surface area contributed by atoms with Crippen LogP contribution >= 0.6 is 0 Å². The molecule has 0 aliphatic heterocycles. The van der Waals surface area contributed by atoms with Gasteiger partial charge in [0.05, 0.1) is 0 Å². The van der Waals surface area contributed by atoms with E-state index in [0.29, 0.717) is 0 Å². The Kier molecular flexibility index (Phi) is 6.40. The summed E-state index contributed by atoms with van der Waals surface area (Å²) >= 11 is 0. The van der Waals surface area contributed by atoms with Crippen LogP contribution in [0.3, 0.4) is 0 Å². The second-order valence-electron chi connectivity index (χ2n) is 15.2. The lowest BCUT2D eigenvalue weighted by Crippen LogP contribution is -2.14. The van der Waals surface area contributed by atoms with Crippen molar-refractivity contribution in [1.29, 1.82) is 0 Å². The zero-order valence-electron chi connectivity index (χ0n) is 29.8. The molecule has 0 bridgehead atoms. The Balaban J connectivity index is 1.13. The van der Waals surface area contributed by atoms with Crippen LogP contribution in [0.2, 0.25) is 0 Å². The van der Waals surface area contributed by atoms with Crippen molar-refractivity contribution in [1.82, 2.24) is 0 Å². The van der Waals surface area contributed by atoms with Crippen LogP contribution in [-0.2, 0) is 5.41 Å². The van der Waals surface area contributed by atoms with Crippen molar-refractivity contribution >= 4 is 53.9 Å². The lowest BCUT2D eigenvalue weighted by atomic mass is 9.81. The molecule has 0 amide bonds. The van der Waals surface area contributed by atoms with E-state index in [9.17, 15) is 0 Å². The van der Waals surface area contributed by atoms with E-state index < -0.39 is 0 Å². The number of rotatable bonds is 3. The fourth-order valence-electron chi connectivity index (χ4n) is 9.55. The van der Waals surface area contributed by atoms with Gasteiger partial charge in [-0.05, 0) is 122 Å². The maximum atomic E-state index is 2.44. The Morgan fingerprint density at radius 2 is 0.811 bits per heavy atom. The van der Waals surface area contributed by atoms with Crippen LogP contribution in [0.4, 0.5) is 0 Å². The van der Waals surface area contributed by atoms with E-state index >= 15 is 0 Å². The zero-order valence-corrected chi connectivity index (χ0v) is 29.8. The molecule has 248 valence electrons. The van der Waals surface area contributed by atoms with Gasteiger partial charge in [0.2, 0.25) is 0 Å². The van der Waals surface area contributed by atoms with Gasteiger partial charge in [-0.25, -0.2) is 0 Å². The average Bonchev–Trinajstić information content (AvgIpc) is 3.45. The molecule has 0 heterocycles. The number of hydrogen-bond donors (Lipinski definition) is 0. The van der Waals surface area contributed by atoms with Crippen molar-refractivity contribution < 1.29 is 0 Å². The molecule has 0 unspecified atom stereocenters. The summed E-state index contributed by atoms with van der Waals surface area (Å²) in [5.41, 5.74) is 13.1. The maximum absolute atomic E-state index is 2.44. The summed E-state index contributed by atoms with van der Waals surface area (Å²) in [5.74, 6) is 0. The third-order valence-electron chi connectivity index (χ3n) is 12.0. The topological polar surface area (TPSA) is 0 Å². The fraction of sp³-hybridized carbons (Fsp3) is 0.0566. The monoisotopic (exact) mass is 672 g/mol. The van der Waals surface area contributed by atoms with Crippen LogP contribution in [0.1, 0.15) is 25.0 Å². The molecule has 0 nitrogen and oxygen atoms in total. The molecule has 0 fully saturated rings. The standard InChI is InChI=1S/C53H36/c1-53(2)48-29-27-36(32-47(48)52-39-18-6-4-14-34(39)26-30-49(52)53)35-15-11-16-37(31-35)50-43-19-7-9-21-45(43)51(46-22-10-8-20-44(46)50)42-24-12-23-40-38-17-5-3-13-33(38)25-28-41(40)42/h3-32H,1-2H3. The van der Waals surface area contributed by atoms with E-state index in [1.165, 1.54) is 109 Å². The molecule has 10 aromatic carbocycles. The minimum absolute atomic E-state index is 0.0498. The molecule has 0 N–H and O–H groups in total. The van der Waals surface area contributed by atoms with Gasteiger partial charge in [0.1, 0.15) is 0 Å². The molecule has 10 aromatic rings. The maximum Gasteiger partial charge on any atom is 0.0159 e. The van der Waals surface area contributed by atoms with Crippen molar-refractivity contribution in [3.63, 3.8) is 0 Å². The average molecular weight is 673 g/mol. The minimum atomic E-state index is -0.0498. The summed E-state index contributed by atoms with van der Waals surface area (Å²) in [4.78, 5) is 0. The van der Waals surface area contributed by atoms with Crippen molar-refractivity contribution in [3.8, 4) is 44.5 Å². The SMILES string of the molecule is CC1(C)c2ccc(-c3cccc(-c4c5ccccc5c(-c5cccc6c5ccc5ccccc56)c5ccccc45)c3)cc2-c2c1ccc1ccccc21. The van der Waals surface area contributed by atoms with Gasteiger partial charge in [0, 0.05) is 5.41 Å². The van der Waals surface area contributed by atoms with Gasteiger partial charge in [0.15, 0.2) is 0 Å². The largest absolute Gasteiger partial charge is 0.0616 e. The van der Waals surface area contributed by atoms with E-state index in [-0.39, 0.29) is 5.41 Å². The summed E-state index contributed by atoms with van der Waals surface area (Å²) in [6.45, 7) is 4.74. The first-order valence-corrected chi connectivity index (χ1v) is 18.7. The van der Waals surface area contributed by atoms with E-state index in [4.69, 9.17) is 0 Å². The molecule has 53 heavy (non-hydrogen) atoms. The van der Waals surface area contributed by atoms with E-state index in [0.717, 1.165) is 0 Å². The van der Waals surface area contributed by atoms with Crippen molar-refractivity contribution in [3.05, 3.63) is 193 Å². The molecular formula is C53H36. The highest BCUT2D eigenvalue weighted by Crippen LogP contribution is 2.52. The van der Waals surface area contributed by atoms with E-state index in [1.807, 2.05) is 0 Å². The molecule has 0 heteroatoms. The second-order valence-corrected chi connectivity index (χ2v) is 15.2. The minimum Gasteiger partial charge on any atom is -0.0616 e. The first-order valence-electron chi connectivity index (χ1n) is 18.7. The third-order valence-corrected chi connectivity index (χ3v) is 12.0. The molecular weight excluding hydrogens is 637 g/mol. The highest BCUT2D eigenvalue weighted by Gasteiger charge is 2.36. The number of fused-ring (bicyclic) bond motifs is 10. The van der Waals surface area contributed by atoms with Crippen LogP contribution in [0.25, 0.3) is 98.4 Å². The first kappa shape index (κ1) is 30.2. The van der Waals surface area contributed by atoms with Gasteiger partial charge < -0.3 is 0 Å². The lowest BCUT2D eigenvalue weighted by Gasteiger charge is -2.21. The molecule has 1 aliphatic carbocycles. The predicted molar refractivity (Wildman–Crippen MR) is 228 cm³/mol. The number of benzene rings is 10. The Labute approximate surface area is 309 Å². The molecule has 11 rings (SSSR count). The summed E-state index contributed by atoms with van der Waals surface area (Å²) in [7, 11) is 0. The van der Waals surface area contributed by atoms with Gasteiger partial charge in [-0.2, -0.15) is 0 Å². The fourth-order valence-corrected chi connectivity index (χ4v) is 9.55. The highest BCUT2D eigenvalue weighted by atomic mass is 14.4. The smallest absolute Gasteiger partial charge is 0.0159 e. The van der Waals surface area contributed by atoms with Crippen molar-refractivity contribution in [2.45, 2.75) is 19.3 Å². The second kappa shape index (κ2) is 11.2. The van der Waals surface area contributed by atoms with Gasteiger partial charge in [-0.3, -0.25) is 0 Å². The van der Waals surface area contributed by atoms with Gasteiger partial charge in [-0.15, -0.1) is 0 Å². The third kappa shape index (κ3) is 4.36. The molecule has 0 radical (unpaired) electrons. The molecule has 0 atom stereocenters. The molecule has 0 spiro atoms. The highest BCUT2D eigenvalue weighted by molar-refractivity contribution is 6.25. The van der Waals surface area contributed by atoms with Crippen LogP contribution in [0.5, 0.6) is 0 Å². The molecule has 0 aromatic heterocycles. The Morgan fingerprint density at radius 3 is 1.55 bits per heavy atom. The predicted octanol–water partition coefficient (Wildman–Crippen LogP) is 14.8. The zero-order chi connectivity index (χ0) is 35.3. The quantitative estimate of drug-likeness (QED) is 0.129. The summed E-state index contributed by atoms with van der Waals surface area (Å²) in [5, 5.41) is 12.9. The van der Waals surface area contributed by atoms with Crippen LogP contribution in [0.15, 0.2) is 182 Å². The van der Waals surface area contributed by atoms with E-state index in [2.05, 4.69) is 196 Å². The molecule has 0 saturated carbocycles. The van der Waals surface area contributed by atoms with Gasteiger partial charge in [0.25, 0.3) is 0 Å². The Morgan fingerprint density at radius 1 is 0.283 bits per heavy atom. The number of hydrogen-bond acceptors (Lipinski definition) is 0. The molecule has 0 saturated heterocycles. The van der Waals surface area contributed by atoms with Gasteiger partial charge in [-0.1, -0.05) is 184 Å². The van der Waals surface area contributed by atoms with Crippen molar-refractivity contribution in [2.24, 2.45) is 0 Å². The van der Waals surface area contributed by atoms with Crippen LogP contribution < -0.4 is 0 Å². The van der Waals surface area contributed by atoms with Crippen LogP contribution in [-0.4, -0.2) is 0 Å². The Bertz CT molecular complexity index is 3080. The van der Waals surface area contributed by atoms with Crippen molar-refractivity contribution in [2.75, 3.05) is 0 Å². The lowest BCUT2D eigenvalue weighted by molar-refractivity contribution is 0.661. The molecule has 1 aliphatic rings. The Hall–Kier alpha value is -6.50.